The lowest BCUT2D eigenvalue weighted by Gasteiger charge is -2.13. The molecule has 34 heavy (non-hydrogen) atoms. The van der Waals surface area contributed by atoms with Gasteiger partial charge in [-0.2, -0.15) is 5.10 Å². The summed E-state index contributed by atoms with van der Waals surface area (Å²) in [5.74, 6) is -0.174. The van der Waals surface area contributed by atoms with E-state index >= 15 is 0 Å². The van der Waals surface area contributed by atoms with Gasteiger partial charge in [0.2, 0.25) is 0 Å². The fraction of sp³-hybridized carbons (Fsp3) is 0.0909. The number of amides is 1. The SMILES string of the molecule is COc1cnc(Cl)cc1-c1cc(C)ncc1C(=O)Nc1nc2cn(C(=O)c3ccn[nH]3)cc2s1. The van der Waals surface area contributed by atoms with E-state index in [-0.39, 0.29) is 11.1 Å². The Hall–Kier alpha value is -4.09. The fourth-order valence-corrected chi connectivity index (χ4v) is 4.45. The summed E-state index contributed by atoms with van der Waals surface area (Å²) in [6.07, 6.45) is 7.77. The molecule has 10 nitrogen and oxygen atoms in total. The van der Waals surface area contributed by atoms with E-state index in [4.69, 9.17) is 16.3 Å². The largest absolute Gasteiger partial charge is 0.494 e. The molecule has 2 N–H and O–H groups in total. The first-order chi connectivity index (χ1) is 16.4. The second kappa shape index (κ2) is 8.69. The average molecular weight is 494 g/mol. The number of anilines is 1. The highest BCUT2D eigenvalue weighted by molar-refractivity contribution is 7.22. The van der Waals surface area contributed by atoms with E-state index in [1.807, 2.05) is 6.92 Å². The highest BCUT2D eigenvalue weighted by Gasteiger charge is 2.20. The number of nitrogens with zero attached hydrogens (tertiary/aromatic N) is 5. The Labute approximate surface area is 201 Å². The summed E-state index contributed by atoms with van der Waals surface area (Å²) in [5.41, 5.74) is 3.21. The molecule has 0 atom stereocenters. The molecule has 0 radical (unpaired) electrons. The molecular weight excluding hydrogens is 478 g/mol. The minimum Gasteiger partial charge on any atom is -0.494 e. The van der Waals surface area contributed by atoms with Crippen LogP contribution in [0.4, 0.5) is 5.13 Å². The quantitative estimate of drug-likeness (QED) is 0.351. The predicted molar refractivity (Wildman–Crippen MR) is 128 cm³/mol. The Morgan fingerprint density at radius 1 is 1.18 bits per heavy atom. The fourth-order valence-electron chi connectivity index (χ4n) is 3.43. The summed E-state index contributed by atoms with van der Waals surface area (Å²) in [7, 11) is 1.52. The predicted octanol–water partition coefficient (Wildman–Crippen LogP) is 4.19. The smallest absolute Gasteiger partial charge is 0.279 e. The molecule has 0 fully saturated rings. The van der Waals surface area contributed by atoms with Gasteiger partial charge in [0, 0.05) is 41.6 Å². The monoisotopic (exact) mass is 493 g/mol. The molecule has 0 bridgehead atoms. The zero-order valence-electron chi connectivity index (χ0n) is 17.9. The lowest BCUT2D eigenvalue weighted by molar-refractivity contribution is 0.0954. The number of carbonyl (C=O) groups excluding carboxylic acids is 2. The molecule has 0 aromatic carbocycles. The van der Waals surface area contributed by atoms with Gasteiger partial charge < -0.3 is 4.74 Å². The molecular formula is C22H16ClN7O3S. The number of ether oxygens (including phenoxy) is 1. The molecule has 5 aromatic rings. The van der Waals surface area contributed by atoms with Gasteiger partial charge in [0.15, 0.2) is 5.13 Å². The molecule has 5 aromatic heterocycles. The lowest BCUT2D eigenvalue weighted by Crippen LogP contribution is -2.14. The number of methoxy groups -OCH3 is 1. The average Bonchev–Trinajstić information content (AvgIpc) is 3.55. The number of aryl methyl sites for hydroxylation is 1. The van der Waals surface area contributed by atoms with Crippen molar-refractivity contribution in [1.29, 1.82) is 0 Å². The summed E-state index contributed by atoms with van der Waals surface area (Å²) in [4.78, 5) is 38.4. The number of thiazole rings is 1. The van der Waals surface area contributed by atoms with Crippen LogP contribution in [0.5, 0.6) is 5.75 Å². The number of H-pyrrole nitrogens is 1. The second-order valence-corrected chi connectivity index (χ2v) is 8.66. The maximum atomic E-state index is 13.2. The molecule has 1 amide bonds. The number of aromatic amines is 1. The van der Waals surface area contributed by atoms with E-state index in [2.05, 4.69) is 30.5 Å². The summed E-state index contributed by atoms with van der Waals surface area (Å²) in [5, 5.41) is 9.92. The van der Waals surface area contributed by atoms with E-state index in [0.717, 1.165) is 10.4 Å². The van der Waals surface area contributed by atoms with E-state index in [0.29, 0.717) is 38.8 Å². The number of pyridine rings is 2. The van der Waals surface area contributed by atoms with Gasteiger partial charge >= 0.3 is 0 Å². The topological polar surface area (TPSA) is 128 Å². The first-order valence-electron chi connectivity index (χ1n) is 9.93. The maximum Gasteiger partial charge on any atom is 0.279 e. The summed E-state index contributed by atoms with van der Waals surface area (Å²) >= 11 is 7.36. The number of hydrogen-bond acceptors (Lipinski definition) is 8. The van der Waals surface area contributed by atoms with Crippen molar-refractivity contribution in [2.45, 2.75) is 6.92 Å². The van der Waals surface area contributed by atoms with E-state index in [1.165, 1.54) is 41.6 Å². The third-order valence-corrected chi connectivity index (χ3v) is 6.14. The number of rotatable bonds is 5. The molecule has 0 aliphatic heterocycles. The molecule has 12 heteroatoms. The van der Waals surface area contributed by atoms with Crippen molar-refractivity contribution in [2.75, 3.05) is 12.4 Å². The van der Waals surface area contributed by atoms with Crippen molar-refractivity contribution in [1.82, 2.24) is 29.7 Å². The Morgan fingerprint density at radius 3 is 2.76 bits per heavy atom. The molecule has 5 heterocycles. The van der Waals surface area contributed by atoms with Crippen molar-refractivity contribution >= 4 is 50.1 Å². The van der Waals surface area contributed by atoms with E-state index in [9.17, 15) is 9.59 Å². The zero-order chi connectivity index (χ0) is 23.8. The summed E-state index contributed by atoms with van der Waals surface area (Å²) in [6.45, 7) is 1.83. The molecule has 170 valence electrons. The van der Waals surface area contributed by atoms with Crippen molar-refractivity contribution in [3.05, 3.63) is 71.3 Å². The van der Waals surface area contributed by atoms with Gasteiger partial charge in [0.1, 0.15) is 22.1 Å². The molecule has 0 spiro atoms. The van der Waals surface area contributed by atoms with Gasteiger partial charge in [-0.05, 0) is 25.1 Å². The van der Waals surface area contributed by atoms with Gasteiger partial charge in [-0.3, -0.25) is 29.6 Å². The van der Waals surface area contributed by atoms with Gasteiger partial charge in [-0.15, -0.1) is 0 Å². The van der Waals surface area contributed by atoms with Crippen LogP contribution >= 0.6 is 22.9 Å². The zero-order valence-corrected chi connectivity index (χ0v) is 19.4. The first-order valence-corrected chi connectivity index (χ1v) is 11.1. The van der Waals surface area contributed by atoms with Crippen molar-refractivity contribution in [3.63, 3.8) is 0 Å². The van der Waals surface area contributed by atoms with Crippen LogP contribution in [0, 0.1) is 6.92 Å². The maximum absolute atomic E-state index is 13.2. The van der Waals surface area contributed by atoms with Crippen LogP contribution in [-0.4, -0.2) is 48.6 Å². The van der Waals surface area contributed by atoms with E-state index in [1.54, 1.807) is 30.6 Å². The Kier molecular flexibility index (Phi) is 5.56. The van der Waals surface area contributed by atoms with Crippen LogP contribution in [0.3, 0.4) is 0 Å². The number of aromatic nitrogens is 6. The van der Waals surface area contributed by atoms with Gasteiger partial charge in [-0.25, -0.2) is 9.97 Å². The van der Waals surface area contributed by atoms with Crippen LogP contribution < -0.4 is 10.1 Å². The standard InChI is InChI=1S/C22H16ClN7O3S/c1-11-5-12(13-6-19(23)25-8-17(13)33-2)14(7-24-11)20(31)28-22-27-16-9-30(10-18(16)34-22)21(32)15-3-4-26-29-15/h3-10H,1-2H3,(H,26,29)(H,27,28,31). The van der Waals surface area contributed by atoms with Crippen LogP contribution in [0.15, 0.2) is 49.2 Å². The second-order valence-electron chi connectivity index (χ2n) is 7.24. The number of nitrogens with one attached hydrogen (secondary N) is 2. The number of fused-ring (bicyclic) bond motifs is 1. The van der Waals surface area contributed by atoms with E-state index < -0.39 is 5.91 Å². The third kappa shape index (κ3) is 4.02. The molecule has 0 saturated heterocycles. The van der Waals surface area contributed by atoms with Crippen molar-refractivity contribution in [2.24, 2.45) is 0 Å². The number of hydrogen-bond donors (Lipinski definition) is 2. The molecule has 0 unspecified atom stereocenters. The van der Waals surface area contributed by atoms with Gasteiger partial charge in [-0.1, -0.05) is 22.9 Å². The van der Waals surface area contributed by atoms with Crippen LogP contribution in [0.1, 0.15) is 26.5 Å². The highest BCUT2D eigenvalue weighted by Crippen LogP contribution is 2.34. The van der Waals surface area contributed by atoms with Gasteiger partial charge in [0.05, 0.1) is 23.6 Å². The Morgan fingerprint density at radius 2 is 2.03 bits per heavy atom. The van der Waals surface area contributed by atoms with Crippen molar-refractivity contribution < 1.29 is 14.3 Å². The molecule has 0 aliphatic rings. The van der Waals surface area contributed by atoms with Crippen molar-refractivity contribution in [3.8, 4) is 16.9 Å². The number of carbonyl (C=O) groups is 2. The normalized spacial score (nSPS) is 11.0. The van der Waals surface area contributed by atoms with Gasteiger partial charge in [0.25, 0.3) is 11.8 Å². The lowest BCUT2D eigenvalue weighted by atomic mass is 10.0. The minimum atomic E-state index is -0.393. The Balaban J connectivity index is 1.44. The summed E-state index contributed by atoms with van der Waals surface area (Å²) < 4.78 is 7.58. The number of halogens is 1. The van der Waals surface area contributed by atoms with Crippen LogP contribution in [0.25, 0.3) is 21.3 Å². The third-order valence-electron chi connectivity index (χ3n) is 5.01. The molecule has 0 saturated carbocycles. The summed E-state index contributed by atoms with van der Waals surface area (Å²) in [6, 6.07) is 5.01. The first kappa shape index (κ1) is 21.7. The van der Waals surface area contributed by atoms with Crippen LogP contribution in [0.2, 0.25) is 5.15 Å². The van der Waals surface area contributed by atoms with Crippen LogP contribution in [-0.2, 0) is 0 Å². The highest BCUT2D eigenvalue weighted by atomic mass is 35.5. The minimum absolute atomic E-state index is 0.256. The Bertz CT molecular complexity index is 1510. The molecule has 0 aliphatic carbocycles. The molecule has 5 rings (SSSR count).